The second kappa shape index (κ2) is 7.04. The molecular weight excluding hydrogens is 308 g/mol. The van der Waals surface area contributed by atoms with Gasteiger partial charge in [-0.15, -0.1) is 0 Å². The Labute approximate surface area is 139 Å². The molecule has 2 aromatic rings. The molecule has 2 N–H and O–H groups in total. The molecular formula is C18H18N2O4. The van der Waals surface area contributed by atoms with Crippen LogP contribution in [0.2, 0.25) is 0 Å². The van der Waals surface area contributed by atoms with Crippen LogP contribution in [0.5, 0.6) is 11.5 Å². The lowest BCUT2D eigenvalue weighted by Crippen LogP contribution is -2.40. The predicted molar refractivity (Wildman–Crippen MR) is 90.3 cm³/mol. The van der Waals surface area contributed by atoms with Crippen LogP contribution in [-0.2, 0) is 9.59 Å². The van der Waals surface area contributed by atoms with Gasteiger partial charge in [0.05, 0.1) is 0 Å². The predicted octanol–water partition coefficient (Wildman–Crippen LogP) is 2.81. The highest BCUT2D eigenvalue weighted by atomic mass is 16.6. The Morgan fingerprint density at radius 1 is 1.00 bits per heavy atom. The van der Waals surface area contributed by atoms with E-state index < -0.39 is 6.10 Å². The van der Waals surface area contributed by atoms with Gasteiger partial charge in [-0.2, -0.15) is 0 Å². The molecule has 1 aliphatic rings. The summed E-state index contributed by atoms with van der Waals surface area (Å²) >= 11 is 0. The van der Waals surface area contributed by atoms with Gasteiger partial charge in [-0.3, -0.25) is 9.59 Å². The first kappa shape index (κ1) is 15.9. The van der Waals surface area contributed by atoms with Crippen LogP contribution in [0.3, 0.4) is 0 Å². The van der Waals surface area contributed by atoms with Crippen LogP contribution >= 0.6 is 0 Å². The Morgan fingerprint density at radius 2 is 1.62 bits per heavy atom. The zero-order valence-corrected chi connectivity index (χ0v) is 13.2. The number of amides is 2. The zero-order chi connectivity index (χ0) is 16.9. The average molecular weight is 326 g/mol. The third-order valence-electron chi connectivity index (χ3n) is 3.56. The monoisotopic (exact) mass is 326 g/mol. The van der Waals surface area contributed by atoms with E-state index in [-0.39, 0.29) is 18.4 Å². The Kier molecular flexibility index (Phi) is 4.65. The van der Waals surface area contributed by atoms with Crippen molar-refractivity contribution in [1.29, 1.82) is 0 Å². The fraction of sp³-hybridized carbons (Fsp3) is 0.222. The van der Waals surface area contributed by atoms with E-state index in [9.17, 15) is 9.59 Å². The van der Waals surface area contributed by atoms with Gasteiger partial charge in [-0.05, 0) is 36.4 Å². The lowest BCUT2D eigenvalue weighted by Gasteiger charge is -2.25. The van der Waals surface area contributed by atoms with Crippen LogP contribution in [0.15, 0.2) is 48.5 Å². The van der Waals surface area contributed by atoms with Gasteiger partial charge in [0.15, 0.2) is 11.5 Å². The van der Waals surface area contributed by atoms with Crippen LogP contribution < -0.4 is 20.1 Å². The Bertz CT molecular complexity index is 743. The van der Waals surface area contributed by atoms with Crippen LogP contribution in [0.25, 0.3) is 0 Å². The number of carbonyl (C=O) groups is 2. The molecule has 0 bridgehead atoms. The van der Waals surface area contributed by atoms with Gasteiger partial charge >= 0.3 is 0 Å². The first-order chi connectivity index (χ1) is 11.7. The van der Waals surface area contributed by atoms with Crippen molar-refractivity contribution >= 4 is 23.2 Å². The smallest absolute Gasteiger partial charge is 0.269 e. The third kappa shape index (κ3) is 3.65. The highest BCUT2D eigenvalue weighted by molar-refractivity contribution is 5.95. The van der Waals surface area contributed by atoms with Gasteiger partial charge < -0.3 is 20.1 Å². The number of hydrogen-bond donors (Lipinski definition) is 2. The van der Waals surface area contributed by atoms with Crippen LogP contribution in [0, 0.1) is 0 Å². The molecule has 0 fully saturated rings. The molecule has 0 unspecified atom stereocenters. The summed E-state index contributed by atoms with van der Waals surface area (Å²) in [6, 6.07) is 14.1. The number of para-hydroxylation sites is 2. The lowest BCUT2D eigenvalue weighted by atomic mass is 10.2. The molecule has 1 atom stereocenters. The molecule has 6 nitrogen and oxygen atoms in total. The number of carbonyl (C=O) groups excluding carboxylic acids is 2. The number of benzene rings is 2. The second-order valence-electron chi connectivity index (χ2n) is 5.33. The number of anilines is 2. The summed E-state index contributed by atoms with van der Waals surface area (Å²) in [5, 5.41) is 5.53. The van der Waals surface area contributed by atoms with Crippen LogP contribution in [0.1, 0.15) is 13.3 Å². The summed E-state index contributed by atoms with van der Waals surface area (Å²) in [6.45, 7) is 1.95. The van der Waals surface area contributed by atoms with Crippen molar-refractivity contribution < 1.29 is 19.1 Å². The van der Waals surface area contributed by atoms with Crippen molar-refractivity contribution in [2.75, 3.05) is 17.2 Å². The molecule has 0 aromatic heterocycles. The van der Waals surface area contributed by atoms with Gasteiger partial charge in [0.2, 0.25) is 12.0 Å². The first-order valence-corrected chi connectivity index (χ1v) is 7.75. The number of hydrogen-bond acceptors (Lipinski definition) is 4. The SMILES string of the molecule is CCC(=O)Nc1ccc(NC(=O)[C@H]2COc3ccccc3O2)cc1. The number of fused-ring (bicyclic) bond motifs is 1. The molecule has 3 rings (SSSR count). The summed E-state index contributed by atoms with van der Waals surface area (Å²) < 4.78 is 11.2. The summed E-state index contributed by atoms with van der Waals surface area (Å²) in [4.78, 5) is 23.6. The first-order valence-electron chi connectivity index (χ1n) is 7.75. The fourth-order valence-electron chi connectivity index (χ4n) is 2.26. The largest absolute Gasteiger partial charge is 0.485 e. The molecule has 124 valence electrons. The maximum absolute atomic E-state index is 12.3. The molecule has 2 amide bonds. The summed E-state index contributed by atoms with van der Waals surface area (Å²) in [5.74, 6) is 0.854. The highest BCUT2D eigenvalue weighted by Gasteiger charge is 2.27. The minimum atomic E-state index is -0.709. The van der Waals surface area contributed by atoms with Crippen LogP contribution in [-0.4, -0.2) is 24.5 Å². The molecule has 24 heavy (non-hydrogen) atoms. The summed E-state index contributed by atoms with van der Waals surface area (Å²) in [5.41, 5.74) is 1.31. The van der Waals surface area contributed by atoms with E-state index in [0.717, 1.165) is 0 Å². The molecule has 0 saturated carbocycles. The molecule has 1 aliphatic heterocycles. The summed E-state index contributed by atoms with van der Waals surface area (Å²) in [7, 11) is 0. The van der Waals surface area contributed by atoms with E-state index in [1.165, 1.54) is 0 Å². The molecule has 0 spiro atoms. The zero-order valence-electron chi connectivity index (χ0n) is 13.2. The summed E-state index contributed by atoms with van der Waals surface area (Å²) in [6.07, 6.45) is -0.293. The normalized spacial score (nSPS) is 15.5. The van der Waals surface area contributed by atoms with E-state index in [0.29, 0.717) is 29.3 Å². The van der Waals surface area contributed by atoms with E-state index in [4.69, 9.17) is 9.47 Å². The van der Waals surface area contributed by atoms with Crippen molar-refractivity contribution in [3.8, 4) is 11.5 Å². The van der Waals surface area contributed by atoms with Gasteiger partial charge in [0.1, 0.15) is 6.61 Å². The van der Waals surface area contributed by atoms with Gasteiger partial charge in [0, 0.05) is 17.8 Å². The third-order valence-corrected chi connectivity index (χ3v) is 3.56. The molecule has 0 saturated heterocycles. The van der Waals surface area contributed by atoms with Gasteiger partial charge in [-0.25, -0.2) is 0 Å². The molecule has 1 heterocycles. The molecule has 2 aromatic carbocycles. The van der Waals surface area contributed by atoms with Gasteiger partial charge in [0.25, 0.3) is 5.91 Å². The number of rotatable bonds is 4. The van der Waals surface area contributed by atoms with Crippen molar-refractivity contribution in [2.45, 2.75) is 19.4 Å². The maximum Gasteiger partial charge on any atom is 0.269 e. The fourth-order valence-corrected chi connectivity index (χ4v) is 2.26. The minimum absolute atomic E-state index is 0.0572. The standard InChI is InChI=1S/C18H18N2O4/c1-2-17(21)19-12-7-9-13(10-8-12)20-18(22)16-11-23-14-5-3-4-6-15(14)24-16/h3-10,16H,2,11H2,1H3,(H,19,21)(H,20,22)/t16-/m1/s1. The molecule has 6 heteroatoms. The Balaban J connectivity index is 1.60. The van der Waals surface area contributed by atoms with Crippen molar-refractivity contribution in [2.24, 2.45) is 0 Å². The average Bonchev–Trinajstić information content (AvgIpc) is 2.62. The Morgan fingerprint density at radius 3 is 2.29 bits per heavy atom. The van der Waals surface area contributed by atoms with E-state index in [1.807, 2.05) is 12.1 Å². The quantitative estimate of drug-likeness (QED) is 0.906. The van der Waals surface area contributed by atoms with E-state index in [2.05, 4.69) is 10.6 Å². The van der Waals surface area contributed by atoms with Gasteiger partial charge in [-0.1, -0.05) is 19.1 Å². The van der Waals surface area contributed by atoms with Crippen LogP contribution in [0.4, 0.5) is 11.4 Å². The highest BCUT2D eigenvalue weighted by Crippen LogP contribution is 2.31. The maximum atomic E-state index is 12.3. The topological polar surface area (TPSA) is 76.7 Å². The Hall–Kier alpha value is -3.02. The van der Waals surface area contributed by atoms with Crippen molar-refractivity contribution in [1.82, 2.24) is 0 Å². The van der Waals surface area contributed by atoms with E-state index >= 15 is 0 Å². The number of nitrogens with one attached hydrogen (secondary N) is 2. The van der Waals surface area contributed by atoms with E-state index in [1.54, 1.807) is 43.3 Å². The van der Waals surface area contributed by atoms with Crippen molar-refractivity contribution in [3.63, 3.8) is 0 Å². The lowest BCUT2D eigenvalue weighted by molar-refractivity contribution is -0.125. The molecule has 0 aliphatic carbocycles. The second-order valence-corrected chi connectivity index (χ2v) is 5.33. The molecule has 0 radical (unpaired) electrons. The van der Waals surface area contributed by atoms with Crippen molar-refractivity contribution in [3.05, 3.63) is 48.5 Å². The number of ether oxygens (including phenoxy) is 2. The minimum Gasteiger partial charge on any atom is -0.485 e.